The number of anilines is 1. The maximum absolute atomic E-state index is 12.1. The number of aryl methyl sites for hydroxylation is 1. The zero-order valence-corrected chi connectivity index (χ0v) is 15.2. The van der Waals surface area contributed by atoms with E-state index >= 15 is 0 Å². The van der Waals surface area contributed by atoms with Crippen molar-refractivity contribution in [2.45, 2.75) is 37.6 Å². The summed E-state index contributed by atoms with van der Waals surface area (Å²) in [5.41, 5.74) is 0.745. The van der Waals surface area contributed by atoms with Gasteiger partial charge in [0.1, 0.15) is 11.3 Å². The molecule has 3 N–H and O–H groups in total. The van der Waals surface area contributed by atoms with Crippen LogP contribution < -0.4 is 15.4 Å². The second-order valence-corrected chi connectivity index (χ2v) is 7.66. The first kappa shape index (κ1) is 18.6. The third kappa shape index (κ3) is 4.30. The van der Waals surface area contributed by atoms with Crippen LogP contribution in [0.5, 0.6) is 5.75 Å². The van der Waals surface area contributed by atoms with Crippen molar-refractivity contribution in [1.29, 1.82) is 0 Å². The number of carbonyl (C=O) groups excluding carboxylic acids is 2. The molecule has 0 aliphatic carbocycles. The van der Waals surface area contributed by atoms with E-state index in [1.165, 1.54) is 0 Å². The maximum Gasteiger partial charge on any atom is 0.330 e. The number of nitrogens with one attached hydrogen (secondary N) is 2. The van der Waals surface area contributed by atoms with Gasteiger partial charge in [0.2, 0.25) is 11.8 Å². The Labute approximate surface area is 155 Å². The standard InChI is InChI=1S/C18H22N2O5S/c21-15-6-3-12-10-13(4-5-14(12)19-15)25-8-1-2-16(22)20-18(17(23)24)7-9-26-11-18/h4-5,10H,1-3,6-9,11H2,(H,19,21)(H,20,22)(H,23,24). The Morgan fingerprint density at radius 3 is 2.92 bits per heavy atom. The summed E-state index contributed by atoms with van der Waals surface area (Å²) < 4.78 is 5.68. The fourth-order valence-electron chi connectivity index (χ4n) is 3.09. The molecule has 0 bridgehead atoms. The molecule has 1 saturated heterocycles. The van der Waals surface area contributed by atoms with Crippen LogP contribution in [-0.4, -0.2) is 46.5 Å². The van der Waals surface area contributed by atoms with Crippen molar-refractivity contribution in [2.75, 3.05) is 23.4 Å². The largest absolute Gasteiger partial charge is 0.494 e. The first-order chi connectivity index (χ1) is 12.5. The smallest absolute Gasteiger partial charge is 0.330 e. The SMILES string of the molecule is O=C1CCc2cc(OCCCC(=O)NC3(C(=O)O)CCSC3)ccc2N1. The summed E-state index contributed by atoms with van der Waals surface area (Å²) in [5, 5.41) is 14.9. The lowest BCUT2D eigenvalue weighted by Gasteiger charge is -2.24. The van der Waals surface area contributed by atoms with Gasteiger partial charge in [-0.05, 0) is 48.8 Å². The second-order valence-electron chi connectivity index (χ2n) is 6.56. The van der Waals surface area contributed by atoms with Crippen LogP contribution in [0.2, 0.25) is 0 Å². The van der Waals surface area contributed by atoms with E-state index in [4.69, 9.17) is 4.74 Å². The van der Waals surface area contributed by atoms with Crippen molar-refractivity contribution < 1.29 is 24.2 Å². The summed E-state index contributed by atoms with van der Waals surface area (Å²) >= 11 is 1.54. The topological polar surface area (TPSA) is 105 Å². The number of carbonyl (C=O) groups is 3. The second kappa shape index (κ2) is 7.99. The lowest BCUT2D eigenvalue weighted by atomic mass is 9.99. The highest BCUT2D eigenvalue weighted by Crippen LogP contribution is 2.29. The van der Waals surface area contributed by atoms with E-state index in [-0.39, 0.29) is 18.2 Å². The monoisotopic (exact) mass is 378 g/mol. The number of rotatable bonds is 7. The molecule has 1 atom stereocenters. The van der Waals surface area contributed by atoms with E-state index < -0.39 is 11.5 Å². The van der Waals surface area contributed by atoms with E-state index in [0.29, 0.717) is 43.8 Å². The van der Waals surface area contributed by atoms with E-state index in [2.05, 4.69) is 10.6 Å². The fraction of sp³-hybridized carbons (Fsp3) is 0.500. The number of ether oxygens (including phenoxy) is 1. The molecule has 2 aliphatic rings. The third-order valence-electron chi connectivity index (χ3n) is 4.60. The van der Waals surface area contributed by atoms with E-state index in [0.717, 1.165) is 17.0 Å². The molecule has 3 rings (SSSR count). The van der Waals surface area contributed by atoms with Gasteiger partial charge >= 0.3 is 5.97 Å². The molecular weight excluding hydrogens is 356 g/mol. The van der Waals surface area contributed by atoms with Gasteiger partial charge in [-0.25, -0.2) is 4.79 Å². The Bertz CT molecular complexity index is 716. The van der Waals surface area contributed by atoms with Crippen molar-refractivity contribution in [3.05, 3.63) is 23.8 Å². The van der Waals surface area contributed by atoms with Crippen LogP contribution in [0.3, 0.4) is 0 Å². The summed E-state index contributed by atoms with van der Waals surface area (Å²) in [6.07, 6.45) is 2.35. The fourth-order valence-corrected chi connectivity index (χ4v) is 4.41. The number of carboxylic acid groups (broad SMARTS) is 1. The quantitative estimate of drug-likeness (QED) is 0.625. The molecule has 1 aromatic rings. The van der Waals surface area contributed by atoms with Crippen molar-refractivity contribution in [3.63, 3.8) is 0 Å². The third-order valence-corrected chi connectivity index (χ3v) is 5.79. The molecule has 1 fully saturated rings. The van der Waals surface area contributed by atoms with E-state index in [1.807, 2.05) is 12.1 Å². The molecular formula is C18H22N2O5S. The normalized spacial score (nSPS) is 21.6. The predicted octanol–water partition coefficient (Wildman–Crippen LogP) is 1.81. The average molecular weight is 378 g/mol. The Kier molecular flexibility index (Phi) is 5.70. The highest BCUT2D eigenvalue weighted by Gasteiger charge is 2.43. The zero-order valence-electron chi connectivity index (χ0n) is 14.4. The summed E-state index contributed by atoms with van der Waals surface area (Å²) in [7, 11) is 0. The van der Waals surface area contributed by atoms with E-state index in [1.54, 1.807) is 17.8 Å². The Morgan fingerprint density at radius 1 is 1.35 bits per heavy atom. The number of aliphatic carboxylic acids is 1. The van der Waals surface area contributed by atoms with Crippen LogP contribution in [0.4, 0.5) is 5.69 Å². The lowest BCUT2D eigenvalue weighted by Crippen LogP contribution is -2.54. The molecule has 2 aliphatic heterocycles. The van der Waals surface area contributed by atoms with Gasteiger partial charge in [-0.3, -0.25) is 9.59 Å². The molecule has 0 radical (unpaired) electrons. The van der Waals surface area contributed by atoms with Gasteiger partial charge in [0.05, 0.1) is 6.61 Å². The Hall–Kier alpha value is -2.22. The predicted molar refractivity (Wildman–Crippen MR) is 98.6 cm³/mol. The van der Waals surface area contributed by atoms with Gasteiger partial charge in [-0.15, -0.1) is 0 Å². The van der Waals surface area contributed by atoms with Gasteiger partial charge in [-0.1, -0.05) is 0 Å². The number of benzene rings is 1. The van der Waals surface area contributed by atoms with Gasteiger partial charge in [-0.2, -0.15) is 11.8 Å². The molecule has 1 unspecified atom stereocenters. The van der Waals surface area contributed by atoms with Gasteiger partial charge in [0, 0.05) is 24.3 Å². The van der Waals surface area contributed by atoms with Crippen LogP contribution in [0.1, 0.15) is 31.2 Å². The highest BCUT2D eigenvalue weighted by molar-refractivity contribution is 7.99. The molecule has 0 aromatic heterocycles. The molecule has 26 heavy (non-hydrogen) atoms. The number of fused-ring (bicyclic) bond motifs is 1. The summed E-state index contributed by atoms with van der Waals surface area (Å²) in [4.78, 5) is 34.9. The lowest BCUT2D eigenvalue weighted by molar-refractivity contribution is -0.146. The van der Waals surface area contributed by atoms with Crippen molar-refractivity contribution in [3.8, 4) is 5.75 Å². The zero-order chi connectivity index (χ0) is 18.6. The van der Waals surface area contributed by atoms with Gasteiger partial charge in [0.25, 0.3) is 0 Å². The number of carboxylic acids is 1. The van der Waals surface area contributed by atoms with Gasteiger partial charge in [0.15, 0.2) is 0 Å². The van der Waals surface area contributed by atoms with Crippen LogP contribution in [0, 0.1) is 0 Å². The molecule has 140 valence electrons. The molecule has 0 spiro atoms. The Balaban J connectivity index is 1.43. The number of hydrogen-bond acceptors (Lipinski definition) is 5. The number of hydrogen-bond donors (Lipinski definition) is 3. The number of amides is 2. The van der Waals surface area contributed by atoms with Crippen LogP contribution >= 0.6 is 11.8 Å². The van der Waals surface area contributed by atoms with E-state index in [9.17, 15) is 19.5 Å². The summed E-state index contributed by atoms with van der Waals surface area (Å²) in [5.74, 6) is 0.663. The molecule has 2 amide bonds. The van der Waals surface area contributed by atoms with Crippen LogP contribution in [0.25, 0.3) is 0 Å². The minimum absolute atomic E-state index is 0.0250. The minimum Gasteiger partial charge on any atom is -0.494 e. The first-order valence-electron chi connectivity index (χ1n) is 8.66. The summed E-state index contributed by atoms with van der Waals surface area (Å²) in [6.45, 7) is 0.368. The molecule has 8 heteroatoms. The van der Waals surface area contributed by atoms with Crippen LogP contribution in [0.15, 0.2) is 18.2 Å². The maximum atomic E-state index is 12.1. The van der Waals surface area contributed by atoms with Crippen molar-refractivity contribution in [2.24, 2.45) is 0 Å². The summed E-state index contributed by atoms with van der Waals surface area (Å²) in [6, 6.07) is 5.52. The Morgan fingerprint density at radius 2 is 2.19 bits per heavy atom. The van der Waals surface area contributed by atoms with Crippen molar-refractivity contribution >= 4 is 35.2 Å². The van der Waals surface area contributed by atoms with Crippen molar-refractivity contribution in [1.82, 2.24) is 5.32 Å². The van der Waals surface area contributed by atoms with Crippen LogP contribution in [-0.2, 0) is 20.8 Å². The molecule has 2 heterocycles. The molecule has 7 nitrogen and oxygen atoms in total. The highest BCUT2D eigenvalue weighted by atomic mass is 32.2. The number of thioether (sulfide) groups is 1. The average Bonchev–Trinajstić information content (AvgIpc) is 3.08. The molecule has 1 aromatic carbocycles. The van der Waals surface area contributed by atoms with Gasteiger partial charge < -0.3 is 20.5 Å². The first-order valence-corrected chi connectivity index (χ1v) is 9.82. The molecule has 0 saturated carbocycles. The minimum atomic E-state index is -1.12.